The molecule has 0 radical (unpaired) electrons. The highest BCUT2D eigenvalue weighted by Crippen LogP contribution is 2.52. The molecule has 52 heavy (non-hydrogen) atoms. The number of halogens is 3. The maximum atomic E-state index is 13.9. The first-order chi connectivity index (χ1) is 24.7. The number of Topliss-reactive ketones (excluding diaryl/α,β-unsaturated/α-hetero) is 1. The summed E-state index contributed by atoms with van der Waals surface area (Å²) < 4.78 is 39.9. The third-order valence-corrected chi connectivity index (χ3v) is 11.0. The van der Waals surface area contributed by atoms with Crippen LogP contribution in [0.5, 0.6) is 0 Å². The molecule has 1 heterocycles. The maximum Gasteiger partial charge on any atom is 0.405 e. The molecule has 1 amide bonds. The summed E-state index contributed by atoms with van der Waals surface area (Å²) in [7, 11) is 0. The normalized spacial score (nSPS) is 16.5. The Balaban J connectivity index is 1.12. The van der Waals surface area contributed by atoms with Gasteiger partial charge in [0.2, 0.25) is 5.91 Å². The Morgan fingerprint density at radius 1 is 0.827 bits per heavy atom. The number of para-hydroxylation sites is 1. The third-order valence-electron chi connectivity index (χ3n) is 11.0. The number of fused-ring (bicyclic) bond motifs is 4. The molecule has 4 aromatic carbocycles. The smallest absolute Gasteiger partial charge is 0.346 e. The number of aryl methyl sites for hydroxylation is 1. The van der Waals surface area contributed by atoms with Crippen molar-refractivity contribution in [2.75, 3.05) is 6.54 Å². The van der Waals surface area contributed by atoms with Gasteiger partial charge in [-0.2, -0.15) is 13.2 Å². The Bertz CT molecular complexity index is 1940. The molecule has 0 fully saturated rings. The Morgan fingerprint density at radius 2 is 1.46 bits per heavy atom. The first kappa shape index (κ1) is 37.2. The van der Waals surface area contributed by atoms with Gasteiger partial charge in [0.1, 0.15) is 12.0 Å². The van der Waals surface area contributed by atoms with E-state index in [-0.39, 0.29) is 23.0 Å². The van der Waals surface area contributed by atoms with E-state index in [1.807, 2.05) is 66.7 Å². The van der Waals surface area contributed by atoms with E-state index < -0.39 is 24.0 Å². The molecule has 4 nitrogen and oxygen atoms in total. The molecule has 4 aromatic rings. The zero-order valence-corrected chi connectivity index (χ0v) is 30.9. The first-order valence-corrected chi connectivity index (χ1v) is 18.6. The van der Waals surface area contributed by atoms with Crippen LogP contribution < -0.4 is 5.32 Å². The second-order valence-corrected chi connectivity index (χ2v) is 15.7. The van der Waals surface area contributed by atoms with Crippen molar-refractivity contribution in [2.24, 2.45) is 10.9 Å². The van der Waals surface area contributed by atoms with Crippen LogP contribution in [-0.2, 0) is 22.0 Å². The number of amides is 1. The summed E-state index contributed by atoms with van der Waals surface area (Å²) in [6.07, 6.45) is 0.270. The van der Waals surface area contributed by atoms with Gasteiger partial charge in [0, 0.05) is 23.6 Å². The molecule has 2 atom stereocenters. The Kier molecular flexibility index (Phi) is 10.6. The van der Waals surface area contributed by atoms with E-state index in [0.717, 1.165) is 76.0 Å². The minimum absolute atomic E-state index is 0.107. The highest BCUT2D eigenvalue weighted by atomic mass is 19.4. The van der Waals surface area contributed by atoms with Crippen LogP contribution in [0.15, 0.2) is 96.0 Å². The van der Waals surface area contributed by atoms with Crippen LogP contribution in [-0.4, -0.2) is 30.1 Å². The Morgan fingerprint density at radius 3 is 2.12 bits per heavy atom. The van der Waals surface area contributed by atoms with Crippen molar-refractivity contribution in [3.8, 4) is 11.1 Å². The molecule has 0 spiro atoms. The molecule has 2 aliphatic rings. The topological polar surface area (TPSA) is 58.5 Å². The fourth-order valence-electron chi connectivity index (χ4n) is 8.65. The lowest BCUT2D eigenvalue weighted by molar-refractivity contribution is -0.141. The number of hydrogen-bond acceptors (Lipinski definition) is 3. The van der Waals surface area contributed by atoms with Crippen molar-refractivity contribution in [1.29, 1.82) is 0 Å². The van der Waals surface area contributed by atoms with E-state index in [0.29, 0.717) is 19.3 Å². The van der Waals surface area contributed by atoms with Gasteiger partial charge >= 0.3 is 6.18 Å². The number of alkyl halides is 3. The van der Waals surface area contributed by atoms with Gasteiger partial charge in [0.15, 0.2) is 5.78 Å². The van der Waals surface area contributed by atoms with Gasteiger partial charge in [-0.25, -0.2) is 0 Å². The van der Waals surface area contributed by atoms with E-state index in [2.05, 4.69) is 64.2 Å². The number of hydrogen-bond donors (Lipinski definition) is 1. The molecule has 1 aliphatic heterocycles. The van der Waals surface area contributed by atoms with Gasteiger partial charge in [-0.3, -0.25) is 14.6 Å². The fourth-order valence-corrected chi connectivity index (χ4v) is 8.65. The summed E-state index contributed by atoms with van der Waals surface area (Å²) in [6, 6.07) is 29.5. The highest BCUT2D eigenvalue weighted by molar-refractivity contribution is 6.01. The van der Waals surface area contributed by atoms with Gasteiger partial charge in [0.25, 0.3) is 0 Å². The largest absolute Gasteiger partial charge is 0.405 e. The van der Waals surface area contributed by atoms with Gasteiger partial charge < -0.3 is 5.32 Å². The lowest BCUT2D eigenvalue weighted by atomic mass is 9.72. The van der Waals surface area contributed by atoms with E-state index in [1.54, 1.807) is 0 Å². The van der Waals surface area contributed by atoms with Gasteiger partial charge in [0.05, 0.1) is 5.69 Å². The summed E-state index contributed by atoms with van der Waals surface area (Å²) in [5, 5.41) is 2.24. The van der Waals surface area contributed by atoms with Crippen molar-refractivity contribution in [3.63, 3.8) is 0 Å². The summed E-state index contributed by atoms with van der Waals surface area (Å²) >= 11 is 0. The molecular weight excluding hydrogens is 658 g/mol. The minimum Gasteiger partial charge on any atom is -0.346 e. The number of benzene rings is 4. The van der Waals surface area contributed by atoms with Crippen LogP contribution in [0.2, 0.25) is 0 Å². The van der Waals surface area contributed by atoms with Crippen LogP contribution in [0.3, 0.4) is 0 Å². The first-order valence-electron chi connectivity index (χ1n) is 18.6. The molecule has 0 saturated heterocycles. The van der Waals surface area contributed by atoms with Crippen molar-refractivity contribution < 1.29 is 22.8 Å². The SMILES string of the molecule is CC1=Nc2c(CCCC(=O)c3ccccc3C(C)(C)C)cccc2C1[C@@H](C)CCCCC1(C(=O)NCC(F)(F)F)c2ccccc2-c2ccccc21. The summed E-state index contributed by atoms with van der Waals surface area (Å²) in [6.45, 7) is 9.37. The number of carbonyl (C=O) groups is 2. The average molecular weight is 707 g/mol. The number of unbranched alkanes of at least 4 members (excludes halogenated alkanes) is 1. The van der Waals surface area contributed by atoms with Crippen LogP contribution in [0, 0.1) is 5.92 Å². The van der Waals surface area contributed by atoms with Crippen LogP contribution in [0.4, 0.5) is 18.9 Å². The van der Waals surface area contributed by atoms with Crippen molar-refractivity contribution in [1.82, 2.24) is 5.32 Å². The number of carbonyl (C=O) groups excluding carboxylic acids is 2. The molecule has 1 unspecified atom stereocenters. The summed E-state index contributed by atoms with van der Waals surface area (Å²) in [5.74, 6) is 0.00481. The molecule has 6 rings (SSSR count). The van der Waals surface area contributed by atoms with E-state index in [4.69, 9.17) is 4.99 Å². The lowest BCUT2D eigenvalue weighted by Crippen LogP contribution is -2.47. The maximum absolute atomic E-state index is 13.9. The fraction of sp³-hybridized carbons (Fsp3) is 0.400. The monoisotopic (exact) mass is 706 g/mol. The van der Waals surface area contributed by atoms with Crippen molar-refractivity contribution >= 4 is 23.1 Å². The molecule has 1 aliphatic carbocycles. The van der Waals surface area contributed by atoms with Crippen molar-refractivity contribution in [3.05, 3.63) is 124 Å². The van der Waals surface area contributed by atoms with E-state index in [1.165, 1.54) is 5.56 Å². The van der Waals surface area contributed by atoms with Gasteiger partial charge in [-0.05, 0) is 82.9 Å². The van der Waals surface area contributed by atoms with Crippen LogP contribution in [0.1, 0.15) is 117 Å². The molecule has 0 saturated carbocycles. The molecular formula is C45H49F3N2O2. The summed E-state index contributed by atoms with van der Waals surface area (Å²) in [5.41, 5.74) is 8.41. The molecule has 7 heteroatoms. The Labute approximate surface area is 306 Å². The number of rotatable bonds is 13. The summed E-state index contributed by atoms with van der Waals surface area (Å²) in [4.78, 5) is 32.2. The predicted octanol–water partition coefficient (Wildman–Crippen LogP) is 11.2. The average Bonchev–Trinajstić information content (AvgIpc) is 3.61. The third kappa shape index (κ3) is 7.37. The Hall–Kier alpha value is -4.52. The molecule has 0 bridgehead atoms. The van der Waals surface area contributed by atoms with Crippen LogP contribution >= 0.6 is 0 Å². The van der Waals surface area contributed by atoms with Crippen LogP contribution in [0.25, 0.3) is 11.1 Å². The zero-order chi connectivity index (χ0) is 37.3. The van der Waals surface area contributed by atoms with E-state index in [9.17, 15) is 22.8 Å². The number of nitrogens with one attached hydrogen (secondary N) is 1. The quantitative estimate of drug-likeness (QED) is 0.111. The zero-order valence-electron chi connectivity index (χ0n) is 30.9. The second-order valence-electron chi connectivity index (χ2n) is 15.7. The van der Waals surface area contributed by atoms with Gasteiger partial charge in [-0.1, -0.05) is 132 Å². The lowest BCUT2D eigenvalue weighted by Gasteiger charge is -2.31. The molecule has 272 valence electrons. The molecule has 1 N–H and O–H groups in total. The van der Waals surface area contributed by atoms with Crippen molar-refractivity contribution in [2.45, 2.75) is 102 Å². The number of aliphatic imine (C=N–C) groups is 1. The standard InChI is InChI=1S/C45H49F3N2O2/c1-29(16-12-13-27-44(42(52)49-28-45(46,47)48)37-24-10-6-19-32(37)33-20-7-11-25-38(33)44)40-30(2)50-41-31(17-14-22-35(40)41)18-15-26-39(51)34-21-8-9-23-36(34)43(3,4)5/h6-11,14,17,19-25,29,40H,12-13,15-16,18,26-28H2,1-5H3,(H,49,52)/t29-,40?/m0/s1. The second kappa shape index (κ2) is 14.8. The number of ketones is 1. The van der Waals surface area contributed by atoms with E-state index >= 15 is 0 Å². The molecule has 0 aromatic heterocycles. The van der Waals surface area contributed by atoms with Gasteiger partial charge in [-0.15, -0.1) is 0 Å². The highest BCUT2D eigenvalue weighted by Gasteiger charge is 2.49. The minimum atomic E-state index is -4.50. The predicted molar refractivity (Wildman–Crippen MR) is 204 cm³/mol. The number of nitrogens with zero attached hydrogens (tertiary/aromatic N) is 1.